The van der Waals surface area contributed by atoms with E-state index < -0.39 is 35.2 Å². The Morgan fingerprint density at radius 1 is 1.36 bits per heavy atom. The lowest BCUT2D eigenvalue weighted by Gasteiger charge is -2.49. The molecule has 1 fully saturated rings. The van der Waals surface area contributed by atoms with Gasteiger partial charge in [0.1, 0.15) is 29.5 Å². The molecule has 28 heavy (non-hydrogen) atoms. The van der Waals surface area contributed by atoms with Crippen molar-refractivity contribution in [3.8, 4) is 5.75 Å². The molecule has 0 spiro atoms. The number of carboxylic acid groups (broad SMARTS) is 1. The number of carboxylic acids is 1. The Kier molecular flexibility index (Phi) is 5.59. The Morgan fingerprint density at radius 3 is 2.75 bits per heavy atom. The predicted octanol–water partition coefficient (Wildman–Crippen LogP) is 0.610. The van der Waals surface area contributed by atoms with E-state index in [1.54, 1.807) is 24.3 Å². The van der Waals surface area contributed by atoms with E-state index in [1.165, 1.54) is 25.8 Å². The number of rotatable bonds is 6. The molecule has 0 aliphatic carbocycles. The molecular weight excluding hydrogens is 388 g/mol. The van der Waals surface area contributed by atoms with E-state index in [2.05, 4.69) is 5.32 Å². The van der Waals surface area contributed by atoms with Crippen molar-refractivity contribution in [3.63, 3.8) is 0 Å². The summed E-state index contributed by atoms with van der Waals surface area (Å²) in [6.45, 7) is 1.03. The summed E-state index contributed by atoms with van der Waals surface area (Å²) in [6.07, 6.45) is 0. The van der Waals surface area contributed by atoms with E-state index >= 15 is 0 Å². The quantitative estimate of drug-likeness (QED) is 0.521. The highest BCUT2D eigenvalue weighted by molar-refractivity contribution is 8.00. The van der Waals surface area contributed by atoms with Gasteiger partial charge in [-0.1, -0.05) is 6.07 Å². The summed E-state index contributed by atoms with van der Waals surface area (Å²) in [5.41, 5.74) is 0.479. The topological polar surface area (TPSA) is 122 Å². The number of fused-ring (bicyclic) bond motifs is 1. The van der Waals surface area contributed by atoms with Crippen molar-refractivity contribution in [2.75, 3.05) is 19.5 Å². The Bertz CT molecular complexity index is 882. The van der Waals surface area contributed by atoms with Crippen molar-refractivity contribution in [1.82, 2.24) is 10.2 Å². The standard InChI is InChI=1S/C18H18N2O7S/c1-9(21)27-7-11-8-28-17-13(16(23)20(17)14(11)18(24)25)19-15(22)10-4-3-5-12(6-10)26-2/h3-6,13,17H,7-8H2,1-2H3,(H,19,22)(H,24,25)/t13-,17-/m0/s1. The molecule has 2 atom stereocenters. The summed E-state index contributed by atoms with van der Waals surface area (Å²) < 4.78 is 9.97. The number of carbonyl (C=O) groups is 4. The number of esters is 1. The fraction of sp³-hybridized carbons (Fsp3) is 0.333. The molecule has 3 rings (SSSR count). The van der Waals surface area contributed by atoms with E-state index in [9.17, 15) is 24.3 Å². The number of hydrogen-bond acceptors (Lipinski definition) is 7. The van der Waals surface area contributed by atoms with Gasteiger partial charge >= 0.3 is 11.9 Å². The third kappa shape index (κ3) is 3.68. The van der Waals surface area contributed by atoms with Gasteiger partial charge in [-0.2, -0.15) is 0 Å². The molecule has 148 valence electrons. The monoisotopic (exact) mass is 406 g/mol. The minimum Gasteiger partial charge on any atom is -0.497 e. The minimum absolute atomic E-state index is 0.193. The van der Waals surface area contributed by atoms with Crippen molar-refractivity contribution in [2.45, 2.75) is 18.3 Å². The maximum atomic E-state index is 12.6. The van der Waals surface area contributed by atoms with Gasteiger partial charge in [0, 0.05) is 23.8 Å². The Balaban J connectivity index is 1.75. The molecule has 1 saturated heterocycles. The average molecular weight is 406 g/mol. The number of hydrogen-bond donors (Lipinski definition) is 2. The Hall–Kier alpha value is -3.01. The van der Waals surface area contributed by atoms with E-state index in [-0.39, 0.29) is 18.1 Å². The molecule has 2 heterocycles. The number of nitrogens with one attached hydrogen (secondary N) is 1. The van der Waals surface area contributed by atoms with Crippen LogP contribution in [-0.2, 0) is 19.1 Å². The first-order chi connectivity index (χ1) is 13.3. The van der Waals surface area contributed by atoms with Gasteiger partial charge in [-0.3, -0.25) is 19.3 Å². The molecule has 2 N–H and O–H groups in total. The van der Waals surface area contributed by atoms with Crippen molar-refractivity contribution < 1.29 is 33.8 Å². The van der Waals surface area contributed by atoms with Gasteiger partial charge in [-0.25, -0.2) is 4.79 Å². The molecule has 0 saturated carbocycles. The molecular formula is C18H18N2O7S. The van der Waals surface area contributed by atoms with Gasteiger partial charge in [0.25, 0.3) is 11.8 Å². The van der Waals surface area contributed by atoms with Crippen LogP contribution in [0.5, 0.6) is 5.75 Å². The smallest absolute Gasteiger partial charge is 0.352 e. The van der Waals surface area contributed by atoms with Crippen LogP contribution in [0, 0.1) is 0 Å². The van der Waals surface area contributed by atoms with Crippen molar-refractivity contribution in [2.24, 2.45) is 0 Å². The Labute approximate surface area is 164 Å². The SMILES string of the molecule is COc1cccc(C(=O)N[C@H]2C(=O)N3C(C(=O)O)=C(COC(C)=O)CS[C@@H]23)c1. The zero-order valence-electron chi connectivity index (χ0n) is 15.1. The third-order valence-electron chi connectivity index (χ3n) is 4.32. The number of thioether (sulfide) groups is 1. The normalized spacial score (nSPS) is 20.8. The number of benzene rings is 1. The van der Waals surface area contributed by atoms with Crippen molar-refractivity contribution in [3.05, 3.63) is 41.1 Å². The van der Waals surface area contributed by atoms with Gasteiger partial charge in [0.05, 0.1) is 7.11 Å². The van der Waals surface area contributed by atoms with Crippen LogP contribution in [0.2, 0.25) is 0 Å². The third-order valence-corrected chi connectivity index (χ3v) is 5.66. The average Bonchev–Trinajstić information content (AvgIpc) is 2.69. The second kappa shape index (κ2) is 7.93. The number of nitrogens with zero attached hydrogens (tertiary/aromatic N) is 1. The van der Waals surface area contributed by atoms with Crippen LogP contribution in [-0.4, -0.2) is 64.6 Å². The van der Waals surface area contributed by atoms with E-state index in [0.29, 0.717) is 16.9 Å². The minimum atomic E-state index is -1.28. The molecule has 1 aromatic rings. The van der Waals surface area contributed by atoms with Gasteiger partial charge in [0.15, 0.2) is 0 Å². The molecule has 0 unspecified atom stereocenters. The molecule has 10 heteroatoms. The molecule has 0 bridgehead atoms. The highest BCUT2D eigenvalue weighted by Crippen LogP contribution is 2.40. The highest BCUT2D eigenvalue weighted by Gasteiger charge is 2.54. The molecule has 2 aliphatic rings. The molecule has 0 radical (unpaired) electrons. The van der Waals surface area contributed by atoms with Crippen LogP contribution in [0.1, 0.15) is 17.3 Å². The van der Waals surface area contributed by atoms with Crippen molar-refractivity contribution in [1.29, 1.82) is 0 Å². The summed E-state index contributed by atoms with van der Waals surface area (Å²) in [5.74, 6) is -2.02. The largest absolute Gasteiger partial charge is 0.497 e. The van der Waals surface area contributed by atoms with Crippen LogP contribution in [0.25, 0.3) is 0 Å². The number of methoxy groups -OCH3 is 1. The summed E-state index contributed by atoms with van der Waals surface area (Å²) >= 11 is 1.30. The van der Waals surface area contributed by atoms with Crippen LogP contribution in [0.4, 0.5) is 0 Å². The maximum Gasteiger partial charge on any atom is 0.352 e. The molecule has 9 nitrogen and oxygen atoms in total. The lowest BCUT2D eigenvalue weighted by molar-refractivity contribution is -0.149. The Morgan fingerprint density at radius 2 is 2.11 bits per heavy atom. The summed E-state index contributed by atoms with van der Waals surface area (Å²) in [4.78, 5) is 48.8. The fourth-order valence-electron chi connectivity index (χ4n) is 2.97. The van der Waals surface area contributed by atoms with Crippen LogP contribution in [0.15, 0.2) is 35.5 Å². The van der Waals surface area contributed by atoms with Crippen LogP contribution in [0.3, 0.4) is 0 Å². The summed E-state index contributed by atoms with van der Waals surface area (Å²) in [5, 5.41) is 11.6. The second-order valence-corrected chi connectivity index (χ2v) is 7.24. The van der Waals surface area contributed by atoms with Gasteiger partial charge < -0.3 is 19.9 Å². The first kappa shape index (κ1) is 19.7. The van der Waals surface area contributed by atoms with E-state index in [4.69, 9.17) is 9.47 Å². The molecule has 0 aromatic heterocycles. The van der Waals surface area contributed by atoms with E-state index in [1.807, 2.05) is 0 Å². The van der Waals surface area contributed by atoms with Gasteiger partial charge in [-0.05, 0) is 18.2 Å². The second-order valence-electron chi connectivity index (χ2n) is 6.13. The zero-order chi connectivity index (χ0) is 20.4. The van der Waals surface area contributed by atoms with Gasteiger partial charge in [-0.15, -0.1) is 11.8 Å². The maximum absolute atomic E-state index is 12.6. The van der Waals surface area contributed by atoms with Crippen LogP contribution >= 0.6 is 11.8 Å². The number of β-lactam (4-membered cyclic amide) rings is 1. The number of amides is 2. The highest BCUT2D eigenvalue weighted by atomic mass is 32.2. The number of ether oxygens (including phenoxy) is 2. The fourth-order valence-corrected chi connectivity index (χ4v) is 4.30. The van der Waals surface area contributed by atoms with Gasteiger partial charge in [0.2, 0.25) is 0 Å². The number of carbonyl (C=O) groups excluding carboxylic acids is 3. The lowest BCUT2D eigenvalue weighted by Crippen LogP contribution is -2.70. The molecule has 2 amide bonds. The lowest BCUT2D eigenvalue weighted by atomic mass is 10.0. The van der Waals surface area contributed by atoms with Crippen LogP contribution < -0.4 is 10.1 Å². The molecule has 2 aliphatic heterocycles. The first-order valence-corrected chi connectivity index (χ1v) is 9.36. The van der Waals surface area contributed by atoms with Crippen molar-refractivity contribution >= 4 is 35.5 Å². The summed E-state index contributed by atoms with van der Waals surface area (Å²) in [7, 11) is 1.48. The first-order valence-electron chi connectivity index (χ1n) is 8.31. The predicted molar refractivity (Wildman–Crippen MR) is 98.6 cm³/mol. The van der Waals surface area contributed by atoms with E-state index in [0.717, 1.165) is 4.90 Å². The number of aliphatic carboxylic acids is 1. The summed E-state index contributed by atoms with van der Waals surface area (Å²) in [6, 6.07) is 5.65. The zero-order valence-corrected chi connectivity index (χ0v) is 15.9. The molecule has 1 aromatic carbocycles.